The van der Waals surface area contributed by atoms with Gasteiger partial charge in [-0.2, -0.15) is 0 Å². The molecule has 0 atom stereocenters. The van der Waals surface area contributed by atoms with Crippen LogP contribution in [0.3, 0.4) is 0 Å². The first-order valence-corrected chi connectivity index (χ1v) is 8.45. The van der Waals surface area contributed by atoms with Crippen LogP contribution in [0.5, 0.6) is 0 Å². The Morgan fingerprint density at radius 1 is 0.857 bits per heavy atom. The van der Waals surface area contributed by atoms with Crippen LogP contribution in [0, 0.1) is 0 Å². The third-order valence-electron chi connectivity index (χ3n) is 4.48. The van der Waals surface area contributed by atoms with Gasteiger partial charge in [-0.05, 0) is 30.0 Å². The van der Waals surface area contributed by atoms with Crippen LogP contribution >= 0.6 is 0 Å². The Hall–Kier alpha value is -1.63. The normalized spacial score (nSPS) is 12.2. The number of aromatic nitrogens is 1. The Morgan fingerprint density at radius 3 is 2.57 bits per heavy atom. The maximum absolute atomic E-state index is 4.93. The van der Waals surface area contributed by atoms with E-state index in [0.717, 1.165) is 12.8 Å². The number of hydrogen-bond acceptors (Lipinski definition) is 1. The van der Waals surface area contributed by atoms with Crippen LogP contribution in [-0.2, 0) is 12.8 Å². The van der Waals surface area contributed by atoms with E-state index >= 15 is 0 Å². The number of aryl methyl sites for hydroxylation is 1. The molecule has 0 spiro atoms. The van der Waals surface area contributed by atoms with E-state index in [9.17, 15) is 0 Å². The van der Waals surface area contributed by atoms with Gasteiger partial charge >= 0.3 is 0 Å². The average molecular weight is 279 g/mol. The Kier molecular flexibility index (Phi) is 4.69. The van der Waals surface area contributed by atoms with Crippen molar-refractivity contribution >= 4 is 0 Å². The van der Waals surface area contributed by atoms with E-state index in [2.05, 4.69) is 43.3 Å². The third-order valence-corrected chi connectivity index (χ3v) is 4.48. The van der Waals surface area contributed by atoms with Gasteiger partial charge in [0.2, 0.25) is 0 Å². The van der Waals surface area contributed by atoms with E-state index in [4.69, 9.17) is 4.98 Å². The van der Waals surface area contributed by atoms with Gasteiger partial charge < -0.3 is 0 Å². The lowest BCUT2D eigenvalue weighted by atomic mass is 10.1. The van der Waals surface area contributed by atoms with Gasteiger partial charge in [0.05, 0.1) is 5.69 Å². The lowest BCUT2D eigenvalue weighted by molar-refractivity contribution is 0.605. The topological polar surface area (TPSA) is 12.9 Å². The molecule has 1 nitrogen and oxygen atoms in total. The fourth-order valence-corrected chi connectivity index (χ4v) is 3.24. The summed E-state index contributed by atoms with van der Waals surface area (Å²) in [6, 6.07) is 13.2. The molecule has 0 radical (unpaired) electrons. The molecule has 1 heteroatoms. The van der Waals surface area contributed by atoms with E-state index in [1.54, 1.807) is 0 Å². The molecule has 110 valence electrons. The average Bonchev–Trinajstić information content (AvgIpc) is 2.89. The minimum Gasteiger partial charge on any atom is -0.253 e. The number of nitrogens with zero attached hydrogens (tertiary/aromatic N) is 1. The summed E-state index contributed by atoms with van der Waals surface area (Å²) in [7, 11) is 0. The molecule has 0 unspecified atom stereocenters. The molecule has 0 aliphatic heterocycles. The van der Waals surface area contributed by atoms with Crippen molar-refractivity contribution in [1.82, 2.24) is 4.98 Å². The molecule has 1 heterocycles. The number of rotatable bonds is 7. The predicted molar refractivity (Wildman–Crippen MR) is 89.6 cm³/mol. The summed E-state index contributed by atoms with van der Waals surface area (Å²) in [6.07, 6.45) is 10.3. The van der Waals surface area contributed by atoms with Gasteiger partial charge in [-0.25, -0.2) is 0 Å². The molecular weight excluding hydrogens is 254 g/mol. The molecule has 1 aromatic carbocycles. The van der Waals surface area contributed by atoms with Crippen LogP contribution in [-0.4, -0.2) is 4.98 Å². The molecule has 0 N–H and O–H groups in total. The van der Waals surface area contributed by atoms with E-state index in [1.165, 1.54) is 66.6 Å². The first kappa shape index (κ1) is 14.3. The minimum absolute atomic E-state index is 1.05. The van der Waals surface area contributed by atoms with Crippen LogP contribution < -0.4 is 0 Å². The Morgan fingerprint density at radius 2 is 1.67 bits per heavy atom. The van der Waals surface area contributed by atoms with Crippen LogP contribution in [0.25, 0.3) is 11.3 Å². The maximum atomic E-state index is 4.93. The smallest absolute Gasteiger partial charge is 0.0743 e. The van der Waals surface area contributed by atoms with Gasteiger partial charge in [0.25, 0.3) is 0 Å². The highest BCUT2D eigenvalue weighted by molar-refractivity contribution is 5.73. The van der Waals surface area contributed by atoms with Crippen molar-refractivity contribution in [2.45, 2.75) is 58.3 Å². The summed E-state index contributed by atoms with van der Waals surface area (Å²) < 4.78 is 0. The summed E-state index contributed by atoms with van der Waals surface area (Å²) in [5.41, 5.74) is 6.66. The van der Waals surface area contributed by atoms with Gasteiger partial charge in [-0.15, -0.1) is 0 Å². The predicted octanol–water partition coefficient (Wildman–Crippen LogP) is 5.56. The molecule has 0 amide bonds. The van der Waals surface area contributed by atoms with Gasteiger partial charge in [0, 0.05) is 17.7 Å². The van der Waals surface area contributed by atoms with Gasteiger partial charge in [-0.1, -0.05) is 69.4 Å². The lowest BCUT2D eigenvalue weighted by Crippen LogP contribution is -1.94. The van der Waals surface area contributed by atoms with Crippen LogP contribution in [0.2, 0.25) is 0 Å². The van der Waals surface area contributed by atoms with Gasteiger partial charge in [0.15, 0.2) is 0 Å². The van der Waals surface area contributed by atoms with E-state index in [-0.39, 0.29) is 0 Å². The standard InChI is InChI=1S/C20H25N/c1-2-3-4-5-6-7-11-18-14-13-17-15-16-10-8-9-12-19(16)20(17)21-18/h8-10,12-14H,2-7,11,15H2,1H3. The lowest BCUT2D eigenvalue weighted by Gasteiger charge is -2.05. The molecule has 21 heavy (non-hydrogen) atoms. The van der Waals surface area contributed by atoms with Crippen molar-refractivity contribution < 1.29 is 0 Å². The number of fused-ring (bicyclic) bond motifs is 3. The highest BCUT2D eigenvalue weighted by atomic mass is 14.7. The van der Waals surface area contributed by atoms with E-state index in [1.807, 2.05) is 0 Å². The second kappa shape index (κ2) is 6.89. The minimum atomic E-state index is 1.05. The van der Waals surface area contributed by atoms with Crippen molar-refractivity contribution in [1.29, 1.82) is 0 Å². The number of unbranched alkanes of at least 4 members (excludes halogenated alkanes) is 5. The molecule has 1 aromatic heterocycles. The molecule has 0 saturated heterocycles. The van der Waals surface area contributed by atoms with Crippen molar-refractivity contribution in [2.24, 2.45) is 0 Å². The van der Waals surface area contributed by atoms with Crippen molar-refractivity contribution in [3.8, 4) is 11.3 Å². The highest BCUT2D eigenvalue weighted by Crippen LogP contribution is 2.34. The molecular formula is C20H25N. The fraction of sp³-hybridized carbons (Fsp3) is 0.450. The summed E-state index contributed by atoms with van der Waals surface area (Å²) in [4.78, 5) is 4.93. The molecule has 2 aromatic rings. The zero-order valence-electron chi connectivity index (χ0n) is 13.1. The first-order chi connectivity index (χ1) is 10.4. The summed E-state index contributed by atoms with van der Waals surface area (Å²) in [5, 5.41) is 0. The zero-order chi connectivity index (χ0) is 14.5. The zero-order valence-corrected chi connectivity index (χ0v) is 13.1. The van der Waals surface area contributed by atoms with Gasteiger partial charge in [-0.3, -0.25) is 4.98 Å². The molecule has 3 rings (SSSR count). The SMILES string of the molecule is CCCCCCCCc1ccc2c(n1)-c1ccccc1C2. The third kappa shape index (κ3) is 3.34. The molecule has 1 aliphatic carbocycles. The highest BCUT2D eigenvalue weighted by Gasteiger charge is 2.19. The second-order valence-corrected chi connectivity index (χ2v) is 6.16. The molecule has 1 aliphatic rings. The first-order valence-electron chi connectivity index (χ1n) is 8.45. The number of hydrogen-bond donors (Lipinski definition) is 0. The fourth-order valence-electron chi connectivity index (χ4n) is 3.24. The van der Waals surface area contributed by atoms with Crippen LogP contribution in [0.15, 0.2) is 36.4 Å². The number of benzene rings is 1. The summed E-state index contributed by atoms with van der Waals surface area (Å²) in [5.74, 6) is 0. The van der Waals surface area contributed by atoms with Crippen molar-refractivity contribution in [3.63, 3.8) is 0 Å². The quantitative estimate of drug-likeness (QED) is 0.516. The molecule has 0 fully saturated rings. The summed E-state index contributed by atoms with van der Waals surface area (Å²) in [6.45, 7) is 2.27. The number of pyridine rings is 1. The van der Waals surface area contributed by atoms with E-state index < -0.39 is 0 Å². The van der Waals surface area contributed by atoms with Crippen LogP contribution in [0.1, 0.15) is 62.3 Å². The second-order valence-electron chi connectivity index (χ2n) is 6.16. The maximum Gasteiger partial charge on any atom is 0.0743 e. The van der Waals surface area contributed by atoms with E-state index in [0.29, 0.717) is 0 Å². The summed E-state index contributed by atoms with van der Waals surface area (Å²) >= 11 is 0. The van der Waals surface area contributed by atoms with Crippen molar-refractivity contribution in [2.75, 3.05) is 0 Å². The van der Waals surface area contributed by atoms with Gasteiger partial charge in [0.1, 0.15) is 0 Å². The van der Waals surface area contributed by atoms with Crippen LogP contribution in [0.4, 0.5) is 0 Å². The Bertz CT molecular complexity index is 601. The van der Waals surface area contributed by atoms with Crippen molar-refractivity contribution in [3.05, 3.63) is 53.2 Å². The largest absolute Gasteiger partial charge is 0.253 e. The Labute approximate surface area is 128 Å². The monoisotopic (exact) mass is 279 g/mol. The molecule has 0 saturated carbocycles. The Balaban J connectivity index is 1.60. The molecule has 0 bridgehead atoms.